The molecule has 9 nitrogen and oxygen atoms in total. The van der Waals surface area contributed by atoms with E-state index >= 15 is 0 Å². The molecule has 0 bridgehead atoms. The maximum absolute atomic E-state index is 11.9. The number of carbonyl (C=O) groups excluding carboxylic acids is 3. The summed E-state index contributed by atoms with van der Waals surface area (Å²) in [6.45, 7) is 1.32. The van der Waals surface area contributed by atoms with Gasteiger partial charge >= 0.3 is 17.0 Å². The summed E-state index contributed by atoms with van der Waals surface area (Å²) >= 11 is 0.655. The van der Waals surface area contributed by atoms with Gasteiger partial charge in [-0.15, -0.1) is 0 Å². The first-order valence-electron chi connectivity index (χ1n) is 7.93. The molecule has 3 amide bonds. The van der Waals surface area contributed by atoms with Crippen LogP contribution in [0.3, 0.4) is 0 Å². The highest BCUT2D eigenvalue weighted by molar-refractivity contribution is 7.17. The Morgan fingerprint density at radius 3 is 2.56 bits per heavy atom. The number of rotatable bonds is 5. The topological polar surface area (TPSA) is 128 Å². The largest absolute Gasteiger partial charge is 0.448 e. The molecular weight excluding hydrogens is 350 g/mol. The van der Waals surface area contributed by atoms with Gasteiger partial charge in [0.05, 0.1) is 4.92 Å². The Morgan fingerprint density at radius 2 is 1.96 bits per heavy atom. The molecular formula is C15H19N3O6S. The predicted octanol–water partition coefficient (Wildman–Crippen LogP) is 2.36. The van der Waals surface area contributed by atoms with Crippen LogP contribution in [-0.4, -0.2) is 35.0 Å². The number of thiophene rings is 1. The monoisotopic (exact) mass is 369 g/mol. The van der Waals surface area contributed by atoms with Crippen LogP contribution in [0, 0.1) is 10.1 Å². The number of hydrogen-bond acceptors (Lipinski definition) is 7. The van der Waals surface area contributed by atoms with Crippen LogP contribution in [0.15, 0.2) is 12.1 Å². The zero-order valence-corrected chi connectivity index (χ0v) is 14.5. The first-order valence-corrected chi connectivity index (χ1v) is 8.75. The van der Waals surface area contributed by atoms with Crippen LogP contribution in [0.1, 0.15) is 48.7 Å². The first-order chi connectivity index (χ1) is 11.9. The molecule has 1 aromatic rings. The van der Waals surface area contributed by atoms with Gasteiger partial charge in [-0.2, -0.15) is 0 Å². The normalized spacial score (nSPS) is 15.9. The predicted molar refractivity (Wildman–Crippen MR) is 89.4 cm³/mol. The van der Waals surface area contributed by atoms with Crippen LogP contribution in [0.4, 0.5) is 9.80 Å². The van der Waals surface area contributed by atoms with Crippen molar-refractivity contribution in [2.75, 3.05) is 0 Å². The molecule has 0 radical (unpaired) electrons. The van der Waals surface area contributed by atoms with Crippen molar-refractivity contribution in [2.45, 2.75) is 51.2 Å². The van der Waals surface area contributed by atoms with Gasteiger partial charge in [0.1, 0.15) is 4.88 Å². The van der Waals surface area contributed by atoms with Gasteiger partial charge in [-0.05, 0) is 25.8 Å². The lowest BCUT2D eigenvalue weighted by Crippen LogP contribution is -2.48. The number of amides is 3. The molecule has 2 rings (SSSR count). The third-order valence-electron chi connectivity index (χ3n) is 3.80. The number of imide groups is 1. The van der Waals surface area contributed by atoms with Crippen molar-refractivity contribution in [1.29, 1.82) is 0 Å². The zero-order valence-electron chi connectivity index (χ0n) is 13.6. The van der Waals surface area contributed by atoms with Gasteiger partial charge in [0.15, 0.2) is 6.10 Å². The van der Waals surface area contributed by atoms with Gasteiger partial charge in [0.25, 0.3) is 5.91 Å². The quantitative estimate of drug-likeness (QED) is 0.466. The molecule has 0 aliphatic heterocycles. The molecule has 0 saturated heterocycles. The van der Waals surface area contributed by atoms with E-state index in [4.69, 9.17) is 4.74 Å². The summed E-state index contributed by atoms with van der Waals surface area (Å²) in [6.07, 6.45) is 3.78. The van der Waals surface area contributed by atoms with E-state index in [0.29, 0.717) is 11.3 Å². The fraction of sp³-hybridized carbons (Fsp3) is 0.533. The third-order valence-corrected chi connectivity index (χ3v) is 4.82. The molecule has 1 aliphatic carbocycles. The van der Waals surface area contributed by atoms with Crippen molar-refractivity contribution in [3.05, 3.63) is 27.1 Å². The summed E-state index contributed by atoms with van der Waals surface area (Å²) < 4.78 is 4.94. The van der Waals surface area contributed by atoms with Gasteiger partial charge in [0.2, 0.25) is 0 Å². The minimum Gasteiger partial charge on any atom is -0.448 e. The number of urea groups is 1. The zero-order chi connectivity index (χ0) is 18.4. The number of nitrogens with one attached hydrogen (secondary N) is 2. The third kappa shape index (κ3) is 5.52. The molecule has 136 valence electrons. The Bertz CT molecular complexity index is 668. The maximum atomic E-state index is 11.9. The second kappa shape index (κ2) is 8.56. The van der Waals surface area contributed by atoms with Crippen molar-refractivity contribution in [2.24, 2.45) is 0 Å². The number of nitro groups is 1. The number of carbonyl (C=O) groups is 3. The molecule has 0 unspecified atom stereocenters. The highest BCUT2D eigenvalue weighted by Crippen LogP contribution is 2.24. The molecule has 1 atom stereocenters. The lowest BCUT2D eigenvalue weighted by atomic mass is 9.96. The summed E-state index contributed by atoms with van der Waals surface area (Å²) in [5.41, 5.74) is 0. The summed E-state index contributed by atoms with van der Waals surface area (Å²) in [5, 5.41) is 15.3. The molecule has 1 aliphatic rings. The molecule has 1 fully saturated rings. The van der Waals surface area contributed by atoms with E-state index in [0.717, 1.165) is 32.1 Å². The van der Waals surface area contributed by atoms with Gasteiger partial charge in [0, 0.05) is 12.1 Å². The SMILES string of the molecule is C[C@@H](OC(=O)c1ccc([N+](=O)[O-])s1)C(=O)NC(=O)NC1CCCCC1. The van der Waals surface area contributed by atoms with E-state index in [1.807, 2.05) is 0 Å². The van der Waals surface area contributed by atoms with Crippen LogP contribution < -0.4 is 10.6 Å². The van der Waals surface area contributed by atoms with Crippen LogP contribution in [0.25, 0.3) is 0 Å². The van der Waals surface area contributed by atoms with Crippen molar-refractivity contribution in [3.8, 4) is 0 Å². The second-order valence-corrected chi connectivity index (χ2v) is 6.80. The van der Waals surface area contributed by atoms with Crippen molar-refractivity contribution < 1.29 is 24.0 Å². The van der Waals surface area contributed by atoms with Crippen LogP contribution >= 0.6 is 11.3 Å². The molecule has 1 saturated carbocycles. The highest BCUT2D eigenvalue weighted by atomic mass is 32.1. The molecule has 25 heavy (non-hydrogen) atoms. The van der Waals surface area contributed by atoms with Crippen LogP contribution in [-0.2, 0) is 9.53 Å². The van der Waals surface area contributed by atoms with Gasteiger partial charge in [-0.25, -0.2) is 9.59 Å². The number of hydrogen-bond donors (Lipinski definition) is 2. The summed E-state index contributed by atoms with van der Waals surface area (Å²) in [4.78, 5) is 45.6. The fourth-order valence-corrected chi connectivity index (χ4v) is 3.19. The summed E-state index contributed by atoms with van der Waals surface area (Å²) in [7, 11) is 0. The average molecular weight is 369 g/mol. The van der Waals surface area contributed by atoms with E-state index in [1.54, 1.807) is 0 Å². The lowest BCUT2D eigenvalue weighted by Gasteiger charge is -2.23. The Balaban J connectivity index is 1.81. The van der Waals surface area contributed by atoms with Crippen LogP contribution in [0.5, 0.6) is 0 Å². The molecule has 1 aromatic heterocycles. The smallest absolute Gasteiger partial charge is 0.349 e. The van der Waals surface area contributed by atoms with E-state index in [2.05, 4.69) is 10.6 Å². The van der Waals surface area contributed by atoms with Gasteiger partial charge in [-0.3, -0.25) is 20.2 Å². The Morgan fingerprint density at radius 1 is 1.28 bits per heavy atom. The van der Waals surface area contributed by atoms with Crippen molar-refractivity contribution >= 4 is 34.2 Å². The fourth-order valence-electron chi connectivity index (χ4n) is 2.49. The van der Waals surface area contributed by atoms with Crippen LogP contribution in [0.2, 0.25) is 0 Å². The minimum absolute atomic E-state index is 0.0120. The summed E-state index contributed by atoms with van der Waals surface area (Å²) in [5.74, 6) is -1.61. The van der Waals surface area contributed by atoms with Gasteiger partial charge < -0.3 is 10.1 Å². The highest BCUT2D eigenvalue weighted by Gasteiger charge is 2.24. The Labute approximate surface area is 147 Å². The van der Waals surface area contributed by atoms with Crippen molar-refractivity contribution in [3.63, 3.8) is 0 Å². The number of ether oxygens (including phenoxy) is 1. The standard InChI is InChI=1S/C15H19N3O6S/c1-9(24-14(20)11-7-8-12(25-11)18(22)23)13(19)17-15(21)16-10-5-3-2-4-6-10/h7-10H,2-6H2,1H3,(H2,16,17,19,21)/t9-/m1/s1. The average Bonchev–Trinajstić information content (AvgIpc) is 3.06. The molecule has 1 heterocycles. The molecule has 0 aromatic carbocycles. The van der Waals surface area contributed by atoms with Crippen molar-refractivity contribution in [1.82, 2.24) is 10.6 Å². The maximum Gasteiger partial charge on any atom is 0.349 e. The minimum atomic E-state index is -1.20. The van der Waals surface area contributed by atoms with E-state index < -0.39 is 28.9 Å². The summed E-state index contributed by atoms with van der Waals surface area (Å²) in [6, 6.07) is 1.87. The molecule has 10 heteroatoms. The van der Waals surface area contributed by atoms with E-state index in [1.165, 1.54) is 19.1 Å². The van der Waals surface area contributed by atoms with E-state index in [9.17, 15) is 24.5 Å². The lowest BCUT2D eigenvalue weighted by molar-refractivity contribution is -0.380. The molecule has 0 spiro atoms. The first kappa shape index (κ1) is 18.8. The number of esters is 1. The number of nitrogens with zero attached hydrogens (tertiary/aromatic N) is 1. The second-order valence-electron chi connectivity index (χ2n) is 5.74. The van der Waals surface area contributed by atoms with Gasteiger partial charge in [-0.1, -0.05) is 30.6 Å². The Kier molecular flexibility index (Phi) is 6.45. The molecule has 2 N–H and O–H groups in total. The van der Waals surface area contributed by atoms with E-state index in [-0.39, 0.29) is 15.9 Å². The Hall–Kier alpha value is -2.49.